The highest BCUT2D eigenvalue weighted by Crippen LogP contribution is 2.34. The van der Waals surface area contributed by atoms with E-state index >= 15 is 0 Å². The van der Waals surface area contributed by atoms with E-state index in [0.29, 0.717) is 0 Å². The molecule has 0 radical (unpaired) electrons. The van der Waals surface area contributed by atoms with Crippen molar-refractivity contribution in [1.82, 2.24) is 10.2 Å². The topological polar surface area (TPSA) is 61.4 Å². The van der Waals surface area contributed by atoms with Crippen LogP contribution in [0, 0.1) is 6.92 Å². The molecule has 3 amide bonds. The zero-order valence-corrected chi connectivity index (χ0v) is 13.8. The lowest BCUT2D eigenvalue weighted by molar-refractivity contribution is -0.120. The minimum absolute atomic E-state index is 0.00780. The number of nitrogens with zero attached hydrogens (tertiary/aromatic N) is 1. The van der Waals surface area contributed by atoms with E-state index < -0.39 is 0 Å². The number of fused-ring (bicyclic) bond motifs is 2. The minimum atomic E-state index is -0.00780. The van der Waals surface area contributed by atoms with Crippen molar-refractivity contribution in [2.75, 3.05) is 5.32 Å². The first-order valence-electron chi connectivity index (χ1n) is 8.46. The molecule has 1 unspecified atom stereocenters. The van der Waals surface area contributed by atoms with Crippen molar-refractivity contribution in [1.29, 1.82) is 0 Å². The molecule has 23 heavy (non-hydrogen) atoms. The van der Waals surface area contributed by atoms with E-state index in [1.54, 1.807) is 6.92 Å². The first-order chi connectivity index (χ1) is 11.0. The standard InChI is InChI=1S/C18H25N3O2/c1-12-5-3-6-14(9-12)20-18(23)21-16-7-4-8-17(21)11-15(10-16)19-13(2)22/h3,5-6,9,15-17H,4,7-8,10-11H2,1-2H3,(H,19,22)(H,20,23)/t15?,16-,17+. The average Bonchev–Trinajstić information content (AvgIpc) is 2.45. The second-order valence-corrected chi connectivity index (χ2v) is 6.81. The first kappa shape index (κ1) is 15.8. The van der Waals surface area contributed by atoms with Gasteiger partial charge in [-0.05, 0) is 56.7 Å². The van der Waals surface area contributed by atoms with Gasteiger partial charge in [-0.3, -0.25) is 4.79 Å². The summed E-state index contributed by atoms with van der Waals surface area (Å²) in [5.74, 6) is 0.0192. The number of aryl methyl sites for hydroxylation is 1. The molecular formula is C18H25N3O2. The van der Waals surface area contributed by atoms with Crippen LogP contribution in [-0.4, -0.2) is 35.0 Å². The SMILES string of the molecule is CC(=O)NC1C[C@H]2CCC[C@@H](C1)N2C(=O)Nc1cccc(C)c1. The fraction of sp³-hybridized carbons (Fsp3) is 0.556. The Kier molecular flexibility index (Phi) is 4.55. The van der Waals surface area contributed by atoms with Crippen molar-refractivity contribution in [3.8, 4) is 0 Å². The van der Waals surface area contributed by atoms with Gasteiger partial charge in [-0.2, -0.15) is 0 Å². The molecule has 2 bridgehead atoms. The summed E-state index contributed by atoms with van der Waals surface area (Å²) in [4.78, 5) is 26.1. The summed E-state index contributed by atoms with van der Waals surface area (Å²) in [5, 5.41) is 6.07. The lowest BCUT2D eigenvalue weighted by atomic mass is 9.82. The first-order valence-corrected chi connectivity index (χ1v) is 8.46. The second kappa shape index (κ2) is 6.60. The van der Waals surface area contributed by atoms with Crippen LogP contribution in [0.4, 0.5) is 10.5 Å². The van der Waals surface area contributed by atoms with Crippen LogP contribution in [-0.2, 0) is 4.79 Å². The molecule has 2 aliphatic rings. The molecule has 1 aromatic rings. The van der Waals surface area contributed by atoms with Gasteiger partial charge in [-0.1, -0.05) is 12.1 Å². The molecule has 2 aliphatic heterocycles. The Bertz CT molecular complexity index is 588. The van der Waals surface area contributed by atoms with Gasteiger partial charge in [0.15, 0.2) is 0 Å². The molecule has 0 aromatic heterocycles. The molecule has 5 heteroatoms. The highest BCUT2D eigenvalue weighted by atomic mass is 16.2. The maximum absolute atomic E-state index is 12.7. The Hall–Kier alpha value is -2.04. The maximum Gasteiger partial charge on any atom is 0.322 e. The number of amides is 3. The minimum Gasteiger partial charge on any atom is -0.353 e. The normalized spacial score (nSPS) is 26.5. The monoisotopic (exact) mass is 315 g/mol. The fourth-order valence-corrected chi connectivity index (χ4v) is 4.03. The molecule has 2 fully saturated rings. The molecule has 2 saturated heterocycles. The van der Waals surface area contributed by atoms with E-state index in [9.17, 15) is 9.59 Å². The number of carbonyl (C=O) groups excluding carboxylic acids is 2. The highest BCUT2D eigenvalue weighted by Gasteiger charge is 2.41. The molecule has 0 aliphatic carbocycles. The molecular weight excluding hydrogens is 290 g/mol. The van der Waals surface area contributed by atoms with Crippen LogP contribution in [0.25, 0.3) is 0 Å². The molecule has 5 nitrogen and oxygen atoms in total. The van der Waals surface area contributed by atoms with E-state index in [2.05, 4.69) is 10.6 Å². The zero-order chi connectivity index (χ0) is 16.4. The number of carbonyl (C=O) groups is 2. The van der Waals surface area contributed by atoms with Gasteiger partial charge in [0.05, 0.1) is 0 Å². The smallest absolute Gasteiger partial charge is 0.322 e. The predicted octanol–water partition coefficient (Wildman–Crippen LogP) is 3.05. The summed E-state index contributed by atoms with van der Waals surface area (Å²) in [6.07, 6.45) is 4.92. The number of anilines is 1. The van der Waals surface area contributed by atoms with Crippen molar-refractivity contribution in [2.45, 2.75) is 64.1 Å². The van der Waals surface area contributed by atoms with Gasteiger partial charge in [-0.25, -0.2) is 4.79 Å². The van der Waals surface area contributed by atoms with Crippen LogP contribution in [0.15, 0.2) is 24.3 Å². The summed E-state index contributed by atoms with van der Waals surface area (Å²) < 4.78 is 0. The van der Waals surface area contributed by atoms with Crippen LogP contribution >= 0.6 is 0 Å². The third-order valence-electron chi connectivity index (χ3n) is 4.89. The number of hydrogen-bond donors (Lipinski definition) is 2. The van der Waals surface area contributed by atoms with Gasteiger partial charge in [0.1, 0.15) is 0 Å². The summed E-state index contributed by atoms with van der Waals surface area (Å²) in [7, 11) is 0. The number of rotatable bonds is 2. The van der Waals surface area contributed by atoms with Gasteiger partial charge >= 0.3 is 6.03 Å². The summed E-state index contributed by atoms with van der Waals surface area (Å²) >= 11 is 0. The Morgan fingerprint density at radius 1 is 1.17 bits per heavy atom. The average molecular weight is 315 g/mol. The number of benzene rings is 1. The van der Waals surface area contributed by atoms with Gasteiger partial charge in [0.25, 0.3) is 0 Å². The lowest BCUT2D eigenvalue weighted by Crippen LogP contribution is -2.59. The van der Waals surface area contributed by atoms with Gasteiger partial charge in [-0.15, -0.1) is 0 Å². The van der Waals surface area contributed by atoms with Crippen LogP contribution < -0.4 is 10.6 Å². The fourth-order valence-electron chi connectivity index (χ4n) is 4.03. The summed E-state index contributed by atoms with van der Waals surface area (Å²) in [6.45, 7) is 3.58. The highest BCUT2D eigenvalue weighted by molar-refractivity contribution is 5.90. The summed E-state index contributed by atoms with van der Waals surface area (Å²) in [5.41, 5.74) is 1.98. The van der Waals surface area contributed by atoms with E-state index in [1.807, 2.05) is 36.1 Å². The quantitative estimate of drug-likeness (QED) is 0.881. The van der Waals surface area contributed by atoms with Gasteiger partial charge < -0.3 is 15.5 Å². The van der Waals surface area contributed by atoms with E-state index in [-0.39, 0.29) is 30.1 Å². The van der Waals surface area contributed by atoms with Crippen molar-refractivity contribution in [3.63, 3.8) is 0 Å². The van der Waals surface area contributed by atoms with Crippen LogP contribution in [0.3, 0.4) is 0 Å². The second-order valence-electron chi connectivity index (χ2n) is 6.81. The van der Waals surface area contributed by atoms with E-state index in [4.69, 9.17) is 0 Å². The lowest BCUT2D eigenvalue weighted by Gasteiger charge is -2.48. The zero-order valence-electron chi connectivity index (χ0n) is 13.8. The van der Waals surface area contributed by atoms with Gasteiger partial charge in [0, 0.05) is 30.7 Å². The van der Waals surface area contributed by atoms with Crippen LogP contribution in [0.2, 0.25) is 0 Å². The summed E-state index contributed by atoms with van der Waals surface area (Å²) in [6, 6.07) is 8.52. The number of piperidine rings is 2. The van der Waals surface area contributed by atoms with Crippen LogP contribution in [0.1, 0.15) is 44.6 Å². The largest absolute Gasteiger partial charge is 0.353 e. The third-order valence-corrected chi connectivity index (χ3v) is 4.89. The molecule has 3 rings (SSSR count). The maximum atomic E-state index is 12.7. The van der Waals surface area contributed by atoms with E-state index in [0.717, 1.165) is 43.4 Å². The number of nitrogens with one attached hydrogen (secondary N) is 2. The Labute approximate surface area is 137 Å². The predicted molar refractivity (Wildman–Crippen MR) is 90.3 cm³/mol. The number of hydrogen-bond acceptors (Lipinski definition) is 2. The number of urea groups is 1. The molecule has 124 valence electrons. The van der Waals surface area contributed by atoms with E-state index in [1.165, 1.54) is 0 Å². The van der Waals surface area contributed by atoms with Gasteiger partial charge in [0.2, 0.25) is 5.91 Å². The van der Waals surface area contributed by atoms with Crippen molar-refractivity contribution in [3.05, 3.63) is 29.8 Å². The van der Waals surface area contributed by atoms with Crippen LogP contribution in [0.5, 0.6) is 0 Å². The molecule has 0 spiro atoms. The molecule has 1 aromatic carbocycles. The molecule has 2 heterocycles. The van der Waals surface area contributed by atoms with Crippen molar-refractivity contribution in [2.24, 2.45) is 0 Å². The Morgan fingerprint density at radius 3 is 2.48 bits per heavy atom. The van der Waals surface area contributed by atoms with Crippen molar-refractivity contribution < 1.29 is 9.59 Å². The molecule has 3 atom stereocenters. The van der Waals surface area contributed by atoms with Crippen molar-refractivity contribution >= 4 is 17.6 Å². The molecule has 0 saturated carbocycles. The Morgan fingerprint density at radius 2 is 1.87 bits per heavy atom. The Balaban J connectivity index is 1.69. The third kappa shape index (κ3) is 3.66. The molecule has 2 N–H and O–H groups in total.